The molecular weight excluding hydrogens is 261 g/mol. The van der Waals surface area contributed by atoms with Gasteiger partial charge in [-0.2, -0.15) is 13.2 Å². The summed E-state index contributed by atoms with van der Waals surface area (Å²) in [5.74, 6) is 0.0562. The molecule has 0 fully saturated rings. The molecule has 0 saturated heterocycles. The second kappa shape index (κ2) is 5.17. The number of hydrogen-bond donors (Lipinski definition) is 1. The molecule has 1 aliphatic carbocycles. The highest BCUT2D eigenvalue weighted by Gasteiger charge is 2.28. The minimum atomic E-state index is -4.14. The highest BCUT2D eigenvalue weighted by atomic mass is 32.2. The molecule has 2 rings (SSSR count). The van der Waals surface area contributed by atoms with Gasteiger partial charge in [-0.1, -0.05) is 0 Å². The van der Waals surface area contributed by atoms with E-state index in [9.17, 15) is 13.2 Å². The van der Waals surface area contributed by atoms with Crippen LogP contribution >= 0.6 is 11.8 Å². The van der Waals surface area contributed by atoms with Gasteiger partial charge in [-0.15, -0.1) is 0 Å². The second-order valence-corrected chi connectivity index (χ2v) is 5.79. The fraction of sp³-hybridized carbons (Fsp3) is 0.667. The lowest BCUT2D eigenvalue weighted by Crippen LogP contribution is -2.19. The van der Waals surface area contributed by atoms with E-state index < -0.39 is 5.51 Å². The molecule has 1 aromatic rings. The minimum absolute atomic E-state index is 0.0399. The van der Waals surface area contributed by atoms with Gasteiger partial charge in [0.05, 0.1) is 0 Å². The number of nitrogens with zero attached hydrogens (tertiary/aromatic N) is 1. The SMILES string of the molecule is Cc1cc2c(n1CCSC(F)(F)F)CCCC2N. The van der Waals surface area contributed by atoms with Crippen LogP contribution in [0.5, 0.6) is 0 Å². The molecule has 0 amide bonds. The number of fused-ring (bicyclic) bond motifs is 1. The van der Waals surface area contributed by atoms with Crippen LogP contribution in [-0.2, 0) is 13.0 Å². The van der Waals surface area contributed by atoms with Crippen molar-refractivity contribution in [3.63, 3.8) is 0 Å². The first kappa shape index (κ1) is 13.8. The maximum atomic E-state index is 12.1. The molecule has 0 aliphatic heterocycles. The molecule has 0 bridgehead atoms. The number of aromatic nitrogens is 1. The second-order valence-electron chi connectivity index (χ2n) is 4.63. The van der Waals surface area contributed by atoms with Gasteiger partial charge in [0.15, 0.2) is 0 Å². The van der Waals surface area contributed by atoms with Gasteiger partial charge in [0.2, 0.25) is 0 Å². The summed E-state index contributed by atoms with van der Waals surface area (Å²) < 4.78 is 38.4. The summed E-state index contributed by atoms with van der Waals surface area (Å²) in [6.07, 6.45) is 2.91. The summed E-state index contributed by atoms with van der Waals surface area (Å²) in [7, 11) is 0. The Labute approximate surface area is 109 Å². The zero-order chi connectivity index (χ0) is 13.3. The van der Waals surface area contributed by atoms with E-state index in [0.717, 1.165) is 36.2 Å². The van der Waals surface area contributed by atoms with Crippen molar-refractivity contribution in [2.45, 2.75) is 44.3 Å². The third-order valence-corrected chi connectivity index (χ3v) is 4.07. The first-order chi connectivity index (χ1) is 8.38. The first-order valence-corrected chi connectivity index (χ1v) is 7.02. The van der Waals surface area contributed by atoms with Crippen molar-refractivity contribution in [1.82, 2.24) is 4.57 Å². The lowest BCUT2D eigenvalue weighted by atomic mass is 9.93. The Balaban J connectivity index is 2.09. The number of aryl methyl sites for hydroxylation is 1. The predicted octanol–water partition coefficient (Wildman–Crippen LogP) is 3.39. The molecule has 1 unspecified atom stereocenters. The van der Waals surface area contributed by atoms with Gasteiger partial charge >= 0.3 is 5.51 Å². The lowest BCUT2D eigenvalue weighted by molar-refractivity contribution is -0.0328. The molecule has 102 valence electrons. The van der Waals surface area contributed by atoms with E-state index in [1.807, 2.05) is 17.6 Å². The quantitative estimate of drug-likeness (QED) is 0.919. The molecule has 0 spiro atoms. The van der Waals surface area contributed by atoms with Crippen LogP contribution in [0, 0.1) is 6.92 Å². The zero-order valence-electron chi connectivity index (χ0n) is 10.3. The Morgan fingerprint density at radius 2 is 2.22 bits per heavy atom. The minimum Gasteiger partial charge on any atom is -0.348 e. The average Bonchev–Trinajstić information content (AvgIpc) is 2.56. The normalized spacial score (nSPS) is 19.9. The summed E-state index contributed by atoms with van der Waals surface area (Å²) in [4.78, 5) is 0. The van der Waals surface area contributed by atoms with Gasteiger partial charge in [0, 0.05) is 29.7 Å². The Bertz CT molecular complexity index is 426. The predicted molar refractivity (Wildman–Crippen MR) is 67.5 cm³/mol. The van der Waals surface area contributed by atoms with E-state index in [1.165, 1.54) is 0 Å². The monoisotopic (exact) mass is 278 g/mol. The Kier molecular flexibility index (Phi) is 3.96. The van der Waals surface area contributed by atoms with Crippen molar-refractivity contribution in [3.8, 4) is 0 Å². The van der Waals surface area contributed by atoms with Crippen molar-refractivity contribution in [1.29, 1.82) is 0 Å². The van der Waals surface area contributed by atoms with Crippen molar-refractivity contribution in [2.75, 3.05) is 5.75 Å². The maximum Gasteiger partial charge on any atom is 0.441 e. The van der Waals surface area contributed by atoms with Gasteiger partial charge in [-0.25, -0.2) is 0 Å². The van der Waals surface area contributed by atoms with Crippen LogP contribution in [0.15, 0.2) is 6.07 Å². The van der Waals surface area contributed by atoms with E-state index in [4.69, 9.17) is 5.73 Å². The Morgan fingerprint density at radius 3 is 2.89 bits per heavy atom. The summed E-state index contributed by atoms with van der Waals surface area (Å²) in [5.41, 5.74) is 5.16. The molecule has 2 N–H and O–H groups in total. The van der Waals surface area contributed by atoms with E-state index in [0.29, 0.717) is 6.54 Å². The summed E-state index contributed by atoms with van der Waals surface area (Å²) >= 11 is 0.0399. The van der Waals surface area contributed by atoms with E-state index in [1.54, 1.807) is 0 Å². The molecule has 2 nitrogen and oxygen atoms in total. The van der Waals surface area contributed by atoms with Crippen LogP contribution in [0.4, 0.5) is 13.2 Å². The van der Waals surface area contributed by atoms with Crippen LogP contribution in [0.25, 0.3) is 0 Å². The van der Waals surface area contributed by atoms with Crippen molar-refractivity contribution < 1.29 is 13.2 Å². The Morgan fingerprint density at radius 1 is 1.50 bits per heavy atom. The largest absolute Gasteiger partial charge is 0.441 e. The third-order valence-electron chi connectivity index (χ3n) is 3.36. The zero-order valence-corrected chi connectivity index (χ0v) is 11.1. The molecule has 1 atom stereocenters. The molecule has 1 aliphatic rings. The maximum absolute atomic E-state index is 12.1. The molecular formula is C12H17F3N2S. The molecule has 1 heterocycles. The Hall–Kier alpha value is -0.620. The van der Waals surface area contributed by atoms with E-state index >= 15 is 0 Å². The van der Waals surface area contributed by atoms with Crippen LogP contribution in [-0.4, -0.2) is 15.8 Å². The topological polar surface area (TPSA) is 30.9 Å². The summed E-state index contributed by atoms with van der Waals surface area (Å²) in [6, 6.07) is 2.07. The van der Waals surface area contributed by atoms with Gasteiger partial charge in [0.25, 0.3) is 0 Å². The van der Waals surface area contributed by atoms with Crippen LogP contribution in [0.3, 0.4) is 0 Å². The third kappa shape index (κ3) is 3.03. The summed E-state index contributed by atoms with van der Waals surface area (Å²) in [5, 5.41) is 0. The van der Waals surface area contributed by atoms with Gasteiger partial charge < -0.3 is 10.3 Å². The average molecular weight is 278 g/mol. The van der Waals surface area contributed by atoms with Gasteiger partial charge in [0.1, 0.15) is 0 Å². The van der Waals surface area contributed by atoms with E-state index in [2.05, 4.69) is 0 Å². The standard InChI is InChI=1S/C12H17F3N2S/c1-8-7-9-10(16)3-2-4-11(9)17(8)5-6-18-12(13,14)15/h7,10H,2-6,16H2,1H3. The number of rotatable bonds is 3. The summed E-state index contributed by atoms with van der Waals surface area (Å²) in [6.45, 7) is 2.33. The first-order valence-electron chi connectivity index (χ1n) is 6.03. The molecule has 0 saturated carbocycles. The van der Waals surface area contributed by atoms with Crippen molar-refractivity contribution in [3.05, 3.63) is 23.0 Å². The van der Waals surface area contributed by atoms with Crippen LogP contribution in [0.2, 0.25) is 0 Å². The van der Waals surface area contributed by atoms with Crippen molar-refractivity contribution >= 4 is 11.8 Å². The number of thioether (sulfide) groups is 1. The lowest BCUT2D eigenvalue weighted by Gasteiger charge is -2.21. The van der Waals surface area contributed by atoms with Crippen molar-refractivity contribution in [2.24, 2.45) is 5.73 Å². The van der Waals surface area contributed by atoms with Crippen LogP contribution in [0.1, 0.15) is 35.8 Å². The smallest absolute Gasteiger partial charge is 0.348 e. The number of hydrogen-bond acceptors (Lipinski definition) is 2. The molecule has 18 heavy (non-hydrogen) atoms. The fourth-order valence-corrected chi connectivity index (χ4v) is 3.07. The molecule has 1 aromatic heterocycles. The molecule has 0 radical (unpaired) electrons. The highest BCUT2D eigenvalue weighted by Crippen LogP contribution is 2.33. The fourth-order valence-electron chi connectivity index (χ4n) is 2.56. The number of nitrogens with two attached hydrogens (primary N) is 1. The van der Waals surface area contributed by atoms with Gasteiger partial charge in [-0.05, 0) is 49.6 Å². The van der Waals surface area contributed by atoms with E-state index in [-0.39, 0.29) is 23.6 Å². The molecule has 0 aromatic carbocycles. The van der Waals surface area contributed by atoms with Gasteiger partial charge in [-0.3, -0.25) is 0 Å². The number of halogens is 3. The highest BCUT2D eigenvalue weighted by molar-refractivity contribution is 8.00. The van der Waals surface area contributed by atoms with Crippen LogP contribution < -0.4 is 5.73 Å². The number of alkyl halides is 3. The molecule has 6 heteroatoms.